The highest BCUT2D eigenvalue weighted by Gasteiger charge is 2.58. The van der Waals surface area contributed by atoms with E-state index in [9.17, 15) is 19.2 Å². The summed E-state index contributed by atoms with van der Waals surface area (Å²) in [6, 6.07) is 7.33. The quantitative estimate of drug-likeness (QED) is 0.592. The summed E-state index contributed by atoms with van der Waals surface area (Å²) >= 11 is 2.55. The predicted molar refractivity (Wildman–Crippen MR) is 124 cm³/mol. The highest BCUT2D eigenvalue weighted by molar-refractivity contribution is 8.02. The van der Waals surface area contributed by atoms with Crippen molar-refractivity contribution < 1.29 is 28.7 Å². The lowest BCUT2D eigenvalue weighted by Gasteiger charge is -2.28. The molecule has 172 valence electrons. The molecule has 2 amide bonds. The lowest BCUT2D eigenvalue weighted by atomic mass is 10.1. The van der Waals surface area contributed by atoms with E-state index in [0.717, 1.165) is 23.3 Å². The van der Waals surface area contributed by atoms with E-state index in [1.54, 1.807) is 13.0 Å². The van der Waals surface area contributed by atoms with E-state index in [0.29, 0.717) is 28.6 Å². The third-order valence-electron chi connectivity index (χ3n) is 5.90. The molecule has 1 aliphatic carbocycles. The Morgan fingerprint density at radius 3 is 2.76 bits per heavy atom. The number of ether oxygens (including phenoxy) is 2. The van der Waals surface area contributed by atoms with Crippen LogP contribution in [0.5, 0.6) is 0 Å². The first-order chi connectivity index (χ1) is 15.9. The summed E-state index contributed by atoms with van der Waals surface area (Å²) in [6.45, 7) is 1.45. The van der Waals surface area contributed by atoms with E-state index in [4.69, 9.17) is 9.47 Å². The zero-order valence-electron chi connectivity index (χ0n) is 17.9. The van der Waals surface area contributed by atoms with Gasteiger partial charge in [-0.05, 0) is 48.8 Å². The number of esters is 2. The van der Waals surface area contributed by atoms with Crippen molar-refractivity contribution in [2.45, 2.75) is 48.3 Å². The Labute approximate surface area is 198 Å². The maximum absolute atomic E-state index is 13.1. The van der Waals surface area contributed by atoms with E-state index < -0.39 is 29.3 Å². The summed E-state index contributed by atoms with van der Waals surface area (Å²) in [5, 5.41) is 4.97. The number of nitrogens with zero attached hydrogens (tertiary/aromatic N) is 1. The molecule has 2 fully saturated rings. The first-order valence-electron chi connectivity index (χ1n) is 10.8. The largest absolute Gasteiger partial charge is 0.462 e. The van der Waals surface area contributed by atoms with E-state index in [2.05, 4.69) is 5.32 Å². The molecule has 33 heavy (non-hydrogen) atoms. The van der Waals surface area contributed by atoms with Crippen molar-refractivity contribution in [3.05, 3.63) is 40.8 Å². The lowest BCUT2D eigenvalue weighted by molar-refractivity contribution is -0.149. The van der Waals surface area contributed by atoms with Crippen LogP contribution in [0.1, 0.15) is 54.4 Å². The minimum absolute atomic E-state index is 0.140. The number of fused-ring (bicyclic) bond motifs is 3. The van der Waals surface area contributed by atoms with Crippen molar-refractivity contribution in [2.24, 2.45) is 0 Å². The summed E-state index contributed by atoms with van der Waals surface area (Å²) < 4.78 is 10.6. The number of rotatable bonds is 7. The molecular weight excluding hydrogens is 464 g/mol. The second-order valence-electron chi connectivity index (χ2n) is 8.10. The minimum atomic E-state index is -1.18. The van der Waals surface area contributed by atoms with Crippen LogP contribution >= 0.6 is 23.1 Å². The molecule has 1 saturated carbocycles. The second-order valence-corrected chi connectivity index (χ2v) is 10.3. The number of anilines is 2. The van der Waals surface area contributed by atoms with E-state index in [1.807, 2.05) is 23.6 Å². The summed E-state index contributed by atoms with van der Waals surface area (Å²) in [7, 11) is 0. The van der Waals surface area contributed by atoms with Crippen LogP contribution < -0.4 is 10.2 Å². The van der Waals surface area contributed by atoms with Gasteiger partial charge in [-0.2, -0.15) is 0 Å². The van der Waals surface area contributed by atoms with E-state index in [-0.39, 0.29) is 18.9 Å². The predicted octanol–water partition coefficient (Wildman–Crippen LogP) is 3.91. The third kappa shape index (κ3) is 3.80. The highest BCUT2D eigenvalue weighted by Crippen LogP contribution is 2.56. The number of nitrogens with one attached hydrogen (secondary N) is 1. The Kier molecular flexibility index (Phi) is 5.65. The molecule has 0 bridgehead atoms. The van der Waals surface area contributed by atoms with Crippen LogP contribution in [-0.4, -0.2) is 41.8 Å². The van der Waals surface area contributed by atoms with Crippen LogP contribution in [0.25, 0.3) is 0 Å². The number of carbonyl (C=O) groups is 4. The van der Waals surface area contributed by atoms with Crippen LogP contribution in [0.2, 0.25) is 0 Å². The number of amides is 2. The Morgan fingerprint density at radius 2 is 2.00 bits per heavy atom. The molecule has 2 aliphatic heterocycles. The first-order valence-corrected chi connectivity index (χ1v) is 12.5. The van der Waals surface area contributed by atoms with Crippen molar-refractivity contribution in [3.63, 3.8) is 0 Å². The Hall–Kier alpha value is -2.85. The maximum atomic E-state index is 13.1. The van der Waals surface area contributed by atoms with Gasteiger partial charge in [0, 0.05) is 17.7 Å². The molecule has 0 spiro atoms. The average molecular weight is 487 g/mol. The summed E-state index contributed by atoms with van der Waals surface area (Å²) in [5.74, 6) is -1.47. The van der Waals surface area contributed by atoms with Gasteiger partial charge in [0.1, 0.15) is 5.00 Å². The smallest absolute Gasteiger partial charge is 0.344 e. The fourth-order valence-electron chi connectivity index (χ4n) is 4.25. The highest BCUT2D eigenvalue weighted by atomic mass is 32.2. The molecule has 3 heterocycles. The molecule has 5 rings (SSSR count). The number of carbonyl (C=O) groups excluding carboxylic acids is 4. The summed E-state index contributed by atoms with van der Waals surface area (Å²) in [6.07, 6.45) is 2.57. The number of benzene rings is 1. The fraction of sp³-hybridized carbons (Fsp3) is 0.391. The molecule has 1 aromatic carbocycles. The molecule has 10 heteroatoms. The van der Waals surface area contributed by atoms with Crippen molar-refractivity contribution in [3.8, 4) is 0 Å². The van der Waals surface area contributed by atoms with Crippen molar-refractivity contribution >= 4 is 57.5 Å². The van der Waals surface area contributed by atoms with Crippen LogP contribution in [-0.2, 0) is 23.9 Å². The van der Waals surface area contributed by atoms with Gasteiger partial charge >= 0.3 is 11.9 Å². The molecule has 2 aromatic rings. The summed E-state index contributed by atoms with van der Waals surface area (Å²) in [4.78, 5) is 51.8. The van der Waals surface area contributed by atoms with E-state index >= 15 is 0 Å². The zero-order valence-corrected chi connectivity index (χ0v) is 19.6. The summed E-state index contributed by atoms with van der Waals surface area (Å²) in [5.41, 5.74) is 1.97. The number of para-hydroxylation sites is 1. The molecule has 1 saturated heterocycles. The lowest BCUT2D eigenvalue weighted by Crippen LogP contribution is -2.48. The minimum Gasteiger partial charge on any atom is -0.462 e. The average Bonchev–Trinajstić information content (AvgIpc) is 3.34. The topological polar surface area (TPSA) is 102 Å². The van der Waals surface area contributed by atoms with Gasteiger partial charge in [-0.1, -0.05) is 23.9 Å². The number of hydrogen-bond donors (Lipinski definition) is 1. The fourth-order valence-corrected chi connectivity index (χ4v) is 6.71. The van der Waals surface area contributed by atoms with Crippen LogP contribution in [0.15, 0.2) is 34.5 Å². The van der Waals surface area contributed by atoms with Gasteiger partial charge in [0.25, 0.3) is 5.91 Å². The molecule has 1 N–H and O–H groups in total. The molecule has 1 aromatic heterocycles. The van der Waals surface area contributed by atoms with Gasteiger partial charge in [-0.3, -0.25) is 14.5 Å². The van der Waals surface area contributed by atoms with Gasteiger partial charge in [0.2, 0.25) is 5.91 Å². The first kappa shape index (κ1) is 22.0. The molecule has 1 atom stereocenters. The van der Waals surface area contributed by atoms with Crippen molar-refractivity contribution in [1.29, 1.82) is 0 Å². The van der Waals surface area contributed by atoms with Gasteiger partial charge < -0.3 is 14.8 Å². The Balaban J connectivity index is 1.27. The molecular formula is C23H22N2O6S2. The van der Waals surface area contributed by atoms with Crippen LogP contribution in [0.3, 0.4) is 0 Å². The van der Waals surface area contributed by atoms with Gasteiger partial charge in [-0.15, -0.1) is 11.3 Å². The van der Waals surface area contributed by atoms with Crippen LogP contribution in [0, 0.1) is 0 Å². The molecule has 0 radical (unpaired) electrons. The molecule has 8 nitrogen and oxygen atoms in total. The van der Waals surface area contributed by atoms with Gasteiger partial charge in [-0.25, -0.2) is 9.59 Å². The molecule has 0 unspecified atom stereocenters. The SMILES string of the molecule is CCOC(=O)c1c(C2CC2)csc1NC(=O)COC(=O)[C@]12CCC(=O)N1c1ccccc1S2. The Morgan fingerprint density at radius 1 is 1.21 bits per heavy atom. The number of thioether (sulfide) groups is 1. The number of hydrogen-bond acceptors (Lipinski definition) is 8. The van der Waals surface area contributed by atoms with E-state index in [1.165, 1.54) is 28.0 Å². The second kappa shape index (κ2) is 8.49. The van der Waals surface area contributed by atoms with Crippen molar-refractivity contribution in [2.75, 3.05) is 23.4 Å². The van der Waals surface area contributed by atoms with Crippen molar-refractivity contribution in [1.82, 2.24) is 0 Å². The van der Waals surface area contributed by atoms with Crippen LogP contribution in [0.4, 0.5) is 10.7 Å². The normalized spacial score (nSPS) is 20.9. The van der Waals surface area contributed by atoms with Gasteiger partial charge in [0.15, 0.2) is 11.5 Å². The monoisotopic (exact) mass is 486 g/mol. The van der Waals surface area contributed by atoms with Gasteiger partial charge in [0.05, 0.1) is 17.9 Å². The zero-order chi connectivity index (χ0) is 23.2. The maximum Gasteiger partial charge on any atom is 0.344 e. The third-order valence-corrected chi connectivity index (χ3v) is 8.27. The molecule has 3 aliphatic rings. The Bertz CT molecular complexity index is 1160. The standard InChI is InChI=1S/C23H22N2O6S2/c1-2-30-21(28)19-14(13-7-8-13)12-32-20(19)24-17(26)11-31-22(29)23-10-9-18(27)25(23)15-5-3-4-6-16(15)33-23/h3-6,12-13H,2,7-11H2,1H3,(H,24,26)/t23-/m1/s1. The number of thiophene rings is 1.